The third-order valence-corrected chi connectivity index (χ3v) is 13.2. The molecule has 25 nitrogen and oxygen atoms in total. The van der Waals surface area contributed by atoms with Crippen LogP contribution in [0.15, 0.2) is 24.3 Å². The quantitative estimate of drug-likeness (QED) is 0.0595. The van der Waals surface area contributed by atoms with Crippen molar-refractivity contribution in [3.8, 4) is 5.75 Å². The van der Waals surface area contributed by atoms with Crippen LogP contribution < -0.4 is 42.4 Å². The maximum atomic E-state index is 14.7. The number of cyclic esters (lactones) is 1. The summed E-state index contributed by atoms with van der Waals surface area (Å²) in [6.07, 6.45) is -8.09. The molecule has 0 unspecified atom stereocenters. The molecule has 0 aliphatic carbocycles. The first kappa shape index (κ1) is 62.9. The molecule has 2 fully saturated rings. The van der Waals surface area contributed by atoms with E-state index in [1.807, 2.05) is 0 Å². The lowest BCUT2D eigenvalue weighted by molar-refractivity contribution is -0.170. The number of amides is 9. The third kappa shape index (κ3) is 17.8. The zero-order valence-corrected chi connectivity index (χ0v) is 44.5. The van der Waals surface area contributed by atoms with E-state index in [0.717, 1.165) is 9.80 Å². The molecule has 13 atom stereocenters. The largest absolute Gasteiger partial charge is 0.497 e. The molecule has 0 saturated carbocycles. The molecule has 2 aliphatic heterocycles. The number of nitrogens with zero attached hydrogens (tertiary/aromatic N) is 2. The van der Waals surface area contributed by atoms with Gasteiger partial charge in [0.15, 0.2) is 6.10 Å². The van der Waals surface area contributed by atoms with E-state index in [0.29, 0.717) is 11.3 Å². The van der Waals surface area contributed by atoms with Gasteiger partial charge in [-0.2, -0.15) is 0 Å². The van der Waals surface area contributed by atoms with Crippen LogP contribution in [-0.4, -0.2) is 183 Å². The average molecular weight is 1060 g/mol. The van der Waals surface area contributed by atoms with Crippen molar-refractivity contribution < 1.29 is 77.8 Å². The van der Waals surface area contributed by atoms with Gasteiger partial charge in [0.1, 0.15) is 66.4 Å². The summed E-state index contributed by atoms with van der Waals surface area (Å²) in [5.41, 5.74) is 5.95. The number of aliphatic hydroxyl groups excluding tert-OH is 4. The van der Waals surface area contributed by atoms with Gasteiger partial charge in [-0.25, -0.2) is 4.79 Å². The monoisotopic (exact) mass is 1060 g/mol. The second kappa shape index (κ2) is 29.0. The lowest BCUT2D eigenvalue weighted by Crippen LogP contribution is -2.67. The summed E-state index contributed by atoms with van der Waals surface area (Å²) < 4.78 is 11.2. The van der Waals surface area contributed by atoms with E-state index in [1.165, 1.54) is 28.0 Å². The van der Waals surface area contributed by atoms with Crippen LogP contribution in [-0.2, 0) is 59.1 Å². The highest BCUT2D eigenvalue weighted by atomic mass is 16.5. The molecule has 1 aromatic rings. The topological polar surface area (TPSA) is 375 Å². The lowest BCUT2D eigenvalue weighted by Gasteiger charge is -2.43. The maximum Gasteiger partial charge on any atom is 0.329 e. The highest BCUT2D eigenvalue weighted by Gasteiger charge is 2.47. The molecule has 2 saturated heterocycles. The Bertz CT molecular complexity index is 2180. The van der Waals surface area contributed by atoms with E-state index in [9.17, 15) is 68.4 Å². The van der Waals surface area contributed by atoms with Crippen molar-refractivity contribution in [2.24, 2.45) is 23.5 Å². The van der Waals surface area contributed by atoms with Gasteiger partial charge < -0.3 is 77.3 Å². The fourth-order valence-corrected chi connectivity index (χ4v) is 8.68. The molecule has 2 aliphatic rings. The van der Waals surface area contributed by atoms with Gasteiger partial charge >= 0.3 is 5.97 Å². The van der Waals surface area contributed by atoms with Crippen molar-refractivity contribution in [1.82, 2.24) is 41.7 Å². The highest BCUT2D eigenvalue weighted by Crippen LogP contribution is 2.25. The number of primary amides is 1. The summed E-state index contributed by atoms with van der Waals surface area (Å²) in [5, 5.41) is 56.9. The summed E-state index contributed by atoms with van der Waals surface area (Å²) in [6.45, 7) is 11.7. The number of likely N-dealkylation sites (N-methyl/N-ethyl adjacent to an activating group) is 1. The summed E-state index contributed by atoms with van der Waals surface area (Å²) in [7, 11) is 2.72. The first-order chi connectivity index (χ1) is 35.1. The fourth-order valence-electron chi connectivity index (χ4n) is 8.68. The van der Waals surface area contributed by atoms with Crippen molar-refractivity contribution in [3.63, 3.8) is 0 Å². The lowest BCUT2D eigenvalue weighted by atomic mass is 9.95. The maximum absolute atomic E-state index is 14.7. The molecular formula is C50H79N9O16. The summed E-state index contributed by atoms with van der Waals surface area (Å²) >= 11 is 0. The molecule has 9 amide bonds. The van der Waals surface area contributed by atoms with E-state index in [2.05, 4.69) is 31.9 Å². The Labute approximate surface area is 437 Å². The van der Waals surface area contributed by atoms with Crippen LogP contribution in [0.2, 0.25) is 0 Å². The van der Waals surface area contributed by atoms with Crippen LogP contribution in [0, 0.1) is 17.8 Å². The molecule has 1 aromatic carbocycles. The van der Waals surface area contributed by atoms with Crippen LogP contribution in [0.5, 0.6) is 5.75 Å². The number of nitrogens with two attached hydrogens (primary N) is 1. The normalized spacial score (nSPS) is 25.4. The molecule has 25 heteroatoms. The number of nitrogens with one attached hydrogen (secondary N) is 6. The predicted molar refractivity (Wildman–Crippen MR) is 268 cm³/mol. The van der Waals surface area contributed by atoms with Gasteiger partial charge in [-0.1, -0.05) is 60.1 Å². The standard InChI is InChI=1S/C50H79N9O16/c1-11-26(6)39-50(73)75-28(8)40(57-42(65)31(16-18-37(51)63)52-43(66)33(20-24(2)3)54-46(69)36(62)23-60)47(70)55-34(21-25(4)5)44(67)53-32-17-19-38(64)59(48(32)71)41(27(7)61)49(72)58(9)35(45(68)56-39)22-29-12-14-30(74-10)15-13-29/h12-15,24-28,31-36,38-41,60-62,64H,11,16-23H2,1-10H3,(H2,51,63)(H,52,66)(H,53,67)(H,54,69)(H,55,70)(H,56,68)(H,57,65)/t26-,27-,28+,31-,32-,33-,34-,35+,36+,38+,39-,40-,41+/m0/s1. The van der Waals surface area contributed by atoms with E-state index >= 15 is 0 Å². The number of carbonyl (C=O) groups excluding carboxylic acids is 10. The Morgan fingerprint density at radius 2 is 1.47 bits per heavy atom. The van der Waals surface area contributed by atoms with Crippen LogP contribution in [0.3, 0.4) is 0 Å². The Balaban J connectivity index is 2.25. The zero-order valence-electron chi connectivity index (χ0n) is 44.5. The van der Waals surface area contributed by atoms with E-state index in [1.54, 1.807) is 65.8 Å². The molecule has 0 aromatic heterocycles. The van der Waals surface area contributed by atoms with Crippen molar-refractivity contribution in [2.75, 3.05) is 20.8 Å². The van der Waals surface area contributed by atoms with Crippen molar-refractivity contribution in [2.45, 2.75) is 180 Å². The number of hydrogen-bond donors (Lipinski definition) is 11. The highest BCUT2D eigenvalue weighted by molar-refractivity contribution is 5.99. The Morgan fingerprint density at radius 1 is 0.840 bits per heavy atom. The van der Waals surface area contributed by atoms with Gasteiger partial charge in [0.2, 0.25) is 47.3 Å². The Morgan fingerprint density at radius 3 is 2.01 bits per heavy atom. The zero-order chi connectivity index (χ0) is 56.6. The average Bonchev–Trinajstić information content (AvgIpc) is 3.34. The second-order valence-electron chi connectivity index (χ2n) is 20.2. The smallest absolute Gasteiger partial charge is 0.329 e. The number of carbonyl (C=O) groups is 10. The third-order valence-electron chi connectivity index (χ3n) is 13.2. The van der Waals surface area contributed by atoms with Crippen LogP contribution in [0.4, 0.5) is 0 Å². The minimum Gasteiger partial charge on any atom is -0.497 e. The molecule has 0 radical (unpaired) electrons. The van der Waals surface area contributed by atoms with Gasteiger partial charge in [0.05, 0.1) is 19.8 Å². The number of hydrogen-bond acceptors (Lipinski definition) is 16. The molecule has 2 heterocycles. The van der Waals surface area contributed by atoms with Gasteiger partial charge in [-0.05, 0) is 81.4 Å². The number of aliphatic hydroxyl groups is 4. The van der Waals surface area contributed by atoms with Gasteiger partial charge in [-0.15, -0.1) is 0 Å². The van der Waals surface area contributed by atoms with Crippen LogP contribution in [0.1, 0.15) is 106 Å². The molecule has 0 spiro atoms. The molecule has 3 rings (SSSR count). The number of ether oxygens (including phenoxy) is 2. The first-order valence-corrected chi connectivity index (χ1v) is 25.3. The van der Waals surface area contributed by atoms with Gasteiger partial charge in [0, 0.05) is 19.9 Å². The number of piperidine rings is 1. The molecule has 420 valence electrons. The minimum absolute atomic E-state index is 0.0217. The molecular weight excluding hydrogens is 983 g/mol. The molecule has 75 heavy (non-hydrogen) atoms. The van der Waals surface area contributed by atoms with Crippen molar-refractivity contribution in [3.05, 3.63) is 29.8 Å². The number of methoxy groups -OCH3 is 1. The van der Waals surface area contributed by atoms with E-state index in [4.69, 9.17) is 15.2 Å². The van der Waals surface area contributed by atoms with Crippen LogP contribution >= 0.6 is 0 Å². The number of rotatable bonds is 20. The summed E-state index contributed by atoms with van der Waals surface area (Å²) in [4.78, 5) is 142. The fraction of sp³-hybridized carbons (Fsp3) is 0.680. The second-order valence-corrected chi connectivity index (χ2v) is 20.2. The van der Waals surface area contributed by atoms with E-state index in [-0.39, 0.29) is 50.4 Å². The molecule has 12 N–H and O–H groups in total. The van der Waals surface area contributed by atoms with Crippen molar-refractivity contribution in [1.29, 1.82) is 0 Å². The van der Waals surface area contributed by atoms with Crippen LogP contribution in [0.25, 0.3) is 0 Å². The number of esters is 1. The van der Waals surface area contributed by atoms with Gasteiger partial charge in [-0.3, -0.25) is 43.2 Å². The Hall–Kier alpha value is -6.44. The van der Waals surface area contributed by atoms with E-state index < -0.39 is 157 Å². The number of fused-ring (bicyclic) bond motifs is 2. The van der Waals surface area contributed by atoms with Crippen molar-refractivity contribution >= 4 is 59.1 Å². The Kier molecular flexibility index (Phi) is 24.3. The summed E-state index contributed by atoms with van der Waals surface area (Å²) in [5.74, 6) is -10.8. The first-order valence-electron chi connectivity index (χ1n) is 25.3. The molecule has 2 bridgehead atoms. The minimum atomic E-state index is -1.90. The summed E-state index contributed by atoms with van der Waals surface area (Å²) in [6, 6.07) is -6.06. The SMILES string of the molecule is CC[C@H](C)[C@@H]1NC(=O)[C@@H](Cc2ccc(OC)cc2)N(C)C(=O)[C@@H]([C@H](C)O)N2C(=O)[C@H](CC[C@H]2O)NC(=O)[C@H](CC(C)C)NC(=O)[C@@H](NC(=O)[C@H](CCC(N)=O)NC(=O)[C@H](CC(C)C)NC(=O)[C@H](O)CO)[C@@H](C)OC1=O. The van der Waals surface area contributed by atoms with Gasteiger partial charge in [0.25, 0.3) is 5.91 Å². The number of benzene rings is 1. The predicted octanol–water partition coefficient (Wildman–Crippen LogP) is -2.63.